The lowest BCUT2D eigenvalue weighted by Gasteiger charge is -2.62. The summed E-state index contributed by atoms with van der Waals surface area (Å²) in [7, 11) is 0. The van der Waals surface area contributed by atoms with E-state index in [0.29, 0.717) is 35.4 Å². The highest BCUT2D eigenvalue weighted by Gasteiger charge is 2.66. The standard InChI is InChI=1S/C26H40O5/c1-14-11-21-20-8-7-18-12-19(30-16(3)28)9-10-25(18,5)24(20)22(31-17(4)29)13-26(21,6)23(14)15(2)27/h14,18-24H,7-13H2,1-6H3/t14-,18?,19-,20+,21?,22-,23-,24?,25+,26+/m1/s1. The van der Waals surface area contributed by atoms with E-state index in [1.807, 2.05) is 0 Å². The second kappa shape index (κ2) is 7.88. The molecule has 4 aliphatic carbocycles. The molecule has 4 fully saturated rings. The Morgan fingerprint density at radius 1 is 0.871 bits per heavy atom. The molecule has 10 atom stereocenters. The molecule has 5 nitrogen and oxygen atoms in total. The molecule has 4 saturated carbocycles. The van der Waals surface area contributed by atoms with E-state index in [2.05, 4.69) is 20.8 Å². The predicted octanol–water partition coefficient (Wildman–Crippen LogP) is 4.95. The van der Waals surface area contributed by atoms with Crippen LogP contribution in [0.2, 0.25) is 0 Å². The molecule has 3 unspecified atom stereocenters. The zero-order valence-electron chi connectivity index (χ0n) is 20.1. The summed E-state index contributed by atoms with van der Waals surface area (Å²) in [5.74, 6) is 2.13. The second-order valence-electron chi connectivity index (χ2n) is 11.7. The number of fused-ring (bicyclic) bond motifs is 5. The first-order valence-electron chi connectivity index (χ1n) is 12.3. The minimum absolute atomic E-state index is 0.0155. The van der Waals surface area contributed by atoms with Crippen molar-refractivity contribution in [2.45, 2.75) is 98.7 Å². The maximum Gasteiger partial charge on any atom is 0.302 e. The molecule has 0 saturated heterocycles. The van der Waals surface area contributed by atoms with Crippen LogP contribution in [0.5, 0.6) is 0 Å². The van der Waals surface area contributed by atoms with Gasteiger partial charge >= 0.3 is 11.9 Å². The number of esters is 2. The quantitative estimate of drug-likeness (QED) is 0.590. The first-order valence-corrected chi connectivity index (χ1v) is 12.3. The van der Waals surface area contributed by atoms with E-state index in [-0.39, 0.29) is 40.9 Å². The molecule has 174 valence electrons. The predicted molar refractivity (Wildman–Crippen MR) is 117 cm³/mol. The van der Waals surface area contributed by atoms with Crippen LogP contribution in [0.1, 0.15) is 86.5 Å². The summed E-state index contributed by atoms with van der Waals surface area (Å²) in [5.41, 5.74) is -0.0107. The van der Waals surface area contributed by atoms with Crippen LogP contribution in [0, 0.1) is 46.3 Å². The lowest BCUT2D eigenvalue weighted by atomic mass is 9.43. The third-order valence-corrected chi connectivity index (χ3v) is 9.95. The van der Waals surface area contributed by atoms with Crippen LogP contribution in [0.25, 0.3) is 0 Å². The van der Waals surface area contributed by atoms with Crippen LogP contribution in [-0.2, 0) is 23.9 Å². The summed E-state index contributed by atoms with van der Waals surface area (Å²) in [6.07, 6.45) is 6.84. The second-order valence-corrected chi connectivity index (χ2v) is 11.7. The molecular weight excluding hydrogens is 392 g/mol. The van der Waals surface area contributed by atoms with E-state index < -0.39 is 0 Å². The molecular formula is C26H40O5. The Hall–Kier alpha value is -1.39. The fourth-order valence-electron chi connectivity index (χ4n) is 9.21. The molecule has 31 heavy (non-hydrogen) atoms. The van der Waals surface area contributed by atoms with Gasteiger partial charge in [0.25, 0.3) is 0 Å². The van der Waals surface area contributed by atoms with E-state index in [1.54, 1.807) is 6.92 Å². The number of ether oxygens (including phenoxy) is 2. The number of hydrogen-bond acceptors (Lipinski definition) is 5. The van der Waals surface area contributed by atoms with Gasteiger partial charge in [0, 0.05) is 25.7 Å². The Kier molecular flexibility index (Phi) is 5.79. The van der Waals surface area contributed by atoms with Crippen molar-refractivity contribution >= 4 is 17.7 Å². The summed E-state index contributed by atoms with van der Waals surface area (Å²) in [5, 5.41) is 0. The maximum absolute atomic E-state index is 12.7. The lowest BCUT2D eigenvalue weighted by molar-refractivity contribution is -0.200. The van der Waals surface area contributed by atoms with Gasteiger partial charge in [0.15, 0.2) is 0 Å². The summed E-state index contributed by atoms with van der Waals surface area (Å²) < 4.78 is 11.7. The van der Waals surface area contributed by atoms with Gasteiger partial charge in [-0.25, -0.2) is 0 Å². The first kappa shape index (κ1) is 22.8. The number of ketones is 1. The fraction of sp³-hybridized carbons (Fsp3) is 0.885. The highest BCUT2D eigenvalue weighted by Crippen LogP contribution is 2.69. The Labute approximate surface area is 187 Å². The number of carbonyl (C=O) groups is 3. The zero-order chi connectivity index (χ0) is 22.7. The van der Waals surface area contributed by atoms with E-state index in [0.717, 1.165) is 44.9 Å². The van der Waals surface area contributed by atoms with E-state index >= 15 is 0 Å². The van der Waals surface area contributed by atoms with Gasteiger partial charge in [-0.3, -0.25) is 14.4 Å². The molecule has 0 heterocycles. The first-order chi connectivity index (χ1) is 14.5. The van der Waals surface area contributed by atoms with Crippen LogP contribution in [0.15, 0.2) is 0 Å². The van der Waals surface area contributed by atoms with Gasteiger partial charge in [0.1, 0.15) is 18.0 Å². The van der Waals surface area contributed by atoms with Gasteiger partial charge in [-0.2, -0.15) is 0 Å². The molecule has 0 aromatic rings. The summed E-state index contributed by atoms with van der Waals surface area (Å²) in [4.78, 5) is 36.3. The van der Waals surface area contributed by atoms with Crippen molar-refractivity contribution < 1.29 is 23.9 Å². The van der Waals surface area contributed by atoms with Gasteiger partial charge in [0.05, 0.1) is 0 Å². The Bertz CT molecular complexity index is 761. The van der Waals surface area contributed by atoms with Crippen molar-refractivity contribution in [1.82, 2.24) is 0 Å². The normalized spacial score (nSPS) is 48.7. The monoisotopic (exact) mass is 432 g/mol. The highest BCUT2D eigenvalue weighted by molar-refractivity contribution is 5.80. The number of rotatable bonds is 3. The van der Waals surface area contributed by atoms with Crippen LogP contribution < -0.4 is 0 Å². The van der Waals surface area contributed by atoms with Crippen LogP contribution >= 0.6 is 0 Å². The van der Waals surface area contributed by atoms with Crippen molar-refractivity contribution in [3.63, 3.8) is 0 Å². The molecule has 4 aliphatic rings. The third-order valence-electron chi connectivity index (χ3n) is 9.95. The van der Waals surface area contributed by atoms with Crippen LogP contribution in [0.4, 0.5) is 0 Å². The van der Waals surface area contributed by atoms with E-state index in [4.69, 9.17) is 9.47 Å². The lowest BCUT2D eigenvalue weighted by Crippen LogP contribution is -2.60. The Balaban J connectivity index is 1.68. The minimum atomic E-state index is -0.212. The number of Topliss-reactive ketones (excluding diaryl/α,β-unsaturated/α-hetero) is 1. The van der Waals surface area contributed by atoms with Crippen molar-refractivity contribution in [2.24, 2.45) is 46.3 Å². The molecule has 0 N–H and O–H groups in total. The average Bonchev–Trinajstić information content (AvgIpc) is 2.90. The van der Waals surface area contributed by atoms with Crippen LogP contribution in [0.3, 0.4) is 0 Å². The van der Waals surface area contributed by atoms with Gasteiger partial charge in [-0.1, -0.05) is 20.8 Å². The molecule has 0 aromatic carbocycles. The number of hydrogen-bond donors (Lipinski definition) is 0. The highest BCUT2D eigenvalue weighted by atomic mass is 16.5. The molecule has 0 bridgehead atoms. The molecule has 4 rings (SSSR count). The van der Waals surface area contributed by atoms with Gasteiger partial charge in [-0.05, 0) is 86.4 Å². The molecule has 0 radical (unpaired) electrons. The fourth-order valence-corrected chi connectivity index (χ4v) is 9.21. The number of carbonyl (C=O) groups excluding carboxylic acids is 3. The molecule has 0 amide bonds. The van der Waals surface area contributed by atoms with Gasteiger partial charge in [-0.15, -0.1) is 0 Å². The molecule has 0 aromatic heterocycles. The Morgan fingerprint density at radius 2 is 1.55 bits per heavy atom. The smallest absolute Gasteiger partial charge is 0.302 e. The van der Waals surface area contributed by atoms with Crippen molar-refractivity contribution in [3.8, 4) is 0 Å². The summed E-state index contributed by atoms with van der Waals surface area (Å²) >= 11 is 0. The molecule has 0 aliphatic heterocycles. The van der Waals surface area contributed by atoms with Gasteiger partial charge < -0.3 is 9.47 Å². The molecule has 5 heteroatoms. The van der Waals surface area contributed by atoms with Gasteiger partial charge in [0.2, 0.25) is 0 Å². The summed E-state index contributed by atoms with van der Waals surface area (Å²) in [6, 6.07) is 0. The largest absolute Gasteiger partial charge is 0.463 e. The SMILES string of the molecule is CC(=O)O[C@@H]1CC[C@@]2(C)C(CC[C@@H]3C2[C@H](OC(C)=O)C[C@@]2(C)C3C[C@@H](C)[C@@H]2C(C)=O)C1. The third kappa shape index (κ3) is 3.64. The van der Waals surface area contributed by atoms with Crippen molar-refractivity contribution in [3.05, 3.63) is 0 Å². The average molecular weight is 433 g/mol. The Morgan fingerprint density at radius 3 is 2.16 bits per heavy atom. The van der Waals surface area contributed by atoms with E-state index in [9.17, 15) is 14.4 Å². The van der Waals surface area contributed by atoms with Crippen molar-refractivity contribution in [1.29, 1.82) is 0 Å². The maximum atomic E-state index is 12.7. The van der Waals surface area contributed by atoms with Crippen molar-refractivity contribution in [2.75, 3.05) is 0 Å². The minimum Gasteiger partial charge on any atom is -0.463 e. The topological polar surface area (TPSA) is 69.7 Å². The van der Waals surface area contributed by atoms with E-state index in [1.165, 1.54) is 13.8 Å². The molecule has 0 spiro atoms. The van der Waals surface area contributed by atoms with Crippen LogP contribution in [-0.4, -0.2) is 29.9 Å². The summed E-state index contributed by atoms with van der Waals surface area (Å²) in [6.45, 7) is 11.7. The zero-order valence-corrected chi connectivity index (χ0v) is 20.1.